The smallest absolute Gasteiger partial charge is 0.307 e. The first-order valence-electron chi connectivity index (χ1n) is 7.35. The standard InChI is InChI=1S/C15H25N3O3.HI/c1-4-16-15(17-9-7-13-6-5-11-20-13)18-10-8-14(19)21-12(2)3;/h5-6,11-12H,4,7-10H2,1-3H3,(H2,16,17,18);1H. The molecule has 7 heteroatoms. The van der Waals surface area contributed by atoms with E-state index in [1.54, 1.807) is 6.26 Å². The van der Waals surface area contributed by atoms with Gasteiger partial charge in [-0.05, 0) is 32.9 Å². The summed E-state index contributed by atoms with van der Waals surface area (Å²) in [7, 11) is 0. The SMILES string of the molecule is CCNC(=NCCC(=O)OC(C)C)NCCc1ccco1.I. The van der Waals surface area contributed by atoms with Crippen molar-refractivity contribution in [3.63, 3.8) is 0 Å². The molecule has 0 aliphatic carbocycles. The third kappa shape index (κ3) is 9.64. The Kier molecular flexibility index (Phi) is 11.6. The number of ether oxygens (including phenoxy) is 1. The van der Waals surface area contributed by atoms with Crippen molar-refractivity contribution in [1.82, 2.24) is 10.6 Å². The number of rotatable bonds is 8. The van der Waals surface area contributed by atoms with E-state index in [1.807, 2.05) is 32.9 Å². The van der Waals surface area contributed by atoms with E-state index in [1.165, 1.54) is 0 Å². The Hall–Kier alpha value is -1.25. The molecule has 1 aromatic heterocycles. The number of carbonyl (C=O) groups excluding carboxylic acids is 1. The van der Waals surface area contributed by atoms with E-state index in [9.17, 15) is 4.79 Å². The lowest BCUT2D eigenvalue weighted by molar-refractivity contribution is -0.147. The molecule has 0 aromatic carbocycles. The summed E-state index contributed by atoms with van der Waals surface area (Å²) in [5.41, 5.74) is 0. The highest BCUT2D eigenvalue weighted by atomic mass is 127. The van der Waals surface area contributed by atoms with Crippen molar-refractivity contribution in [2.24, 2.45) is 4.99 Å². The van der Waals surface area contributed by atoms with E-state index in [2.05, 4.69) is 15.6 Å². The number of halogens is 1. The Morgan fingerprint density at radius 1 is 1.41 bits per heavy atom. The highest BCUT2D eigenvalue weighted by molar-refractivity contribution is 14.0. The quantitative estimate of drug-likeness (QED) is 0.291. The van der Waals surface area contributed by atoms with Gasteiger partial charge in [-0.25, -0.2) is 0 Å². The van der Waals surface area contributed by atoms with Crippen molar-refractivity contribution in [2.45, 2.75) is 39.7 Å². The predicted molar refractivity (Wildman–Crippen MR) is 97.7 cm³/mol. The fourth-order valence-electron chi connectivity index (χ4n) is 1.68. The van der Waals surface area contributed by atoms with Gasteiger partial charge in [0.05, 0.1) is 25.3 Å². The summed E-state index contributed by atoms with van der Waals surface area (Å²) in [5, 5.41) is 6.33. The molecule has 0 saturated heterocycles. The second kappa shape index (κ2) is 12.3. The summed E-state index contributed by atoms with van der Waals surface area (Å²) in [4.78, 5) is 15.8. The fourth-order valence-corrected chi connectivity index (χ4v) is 1.68. The van der Waals surface area contributed by atoms with Gasteiger partial charge >= 0.3 is 5.97 Å². The molecule has 0 amide bonds. The number of hydrogen-bond donors (Lipinski definition) is 2. The minimum atomic E-state index is -0.222. The summed E-state index contributed by atoms with van der Waals surface area (Å²) in [6, 6.07) is 3.81. The van der Waals surface area contributed by atoms with Crippen LogP contribution in [-0.2, 0) is 16.0 Å². The minimum Gasteiger partial charge on any atom is -0.469 e. The zero-order valence-corrected chi connectivity index (χ0v) is 15.8. The summed E-state index contributed by atoms with van der Waals surface area (Å²) in [6.45, 7) is 7.56. The molecule has 1 heterocycles. The number of nitrogens with one attached hydrogen (secondary N) is 2. The molecule has 0 saturated carbocycles. The van der Waals surface area contributed by atoms with Crippen LogP contribution < -0.4 is 10.6 Å². The van der Waals surface area contributed by atoms with Crippen molar-refractivity contribution in [1.29, 1.82) is 0 Å². The Labute approximate surface area is 149 Å². The maximum Gasteiger partial charge on any atom is 0.307 e. The zero-order chi connectivity index (χ0) is 15.5. The van der Waals surface area contributed by atoms with Crippen LogP contribution in [0.5, 0.6) is 0 Å². The molecule has 0 spiro atoms. The molecule has 0 radical (unpaired) electrons. The molecule has 0 aliphatic rings. The lowest BCUT2D eigenvalue weighted by atomic mass is 10.3. The van der Waals surface area contributed by atoms with Crippen LogP contribution in [0.2, 0.25) is 0 Å². The minimum absolute atomic E-state index is 0. The van der Waals surface area contributed by atoms with Gasteiger partial charge in [0.15, 0.2) is 5.96 Å². The van der Waals surface area contributed by atoms with Crippen molar-refractivity contribution < 1.29 is 13.9 Å². The van der Waals surface area contributed by atoms with Gasteiger partial charge in [-0.3, -0.25) is 9.79 Å². The lowest BCUT2D eigenvalue weighted by Crippen LogP contribution is -2.38. The summed E-state index contributed by atoms with van der Waals surface area (Å²) in [5.74, 6) is 1.40. The second-order valence-corrected chi connectivity index (χ2v) is 4.81. The lowest BCUT2D eigenvalue weighted by Gasteiger charge is -2.11. The van der Waals surface area contributed by atoms with Gasteiger partial charge in [-0.2, -0.15) is 0 Å². The third-order valence-electron chi connectivity index (χ3n) is 2.54. The van der Waals surface area contributed by atoms with Crippen LogP contribution in [0.4, 0.5) is 0 Å². The largest absolute Gasteiger partial charge is 0.469 e. The Balaban J connectivity index is 0.00000441. The monoisotopic (exact) mass is 423 g/mol. The molecule has 0 aliphatic heterocycles. The molecule has 6 nitrogen and oxygen atoms in total. The molecule has 1 aromatic rings. The highest BCUT2D eigenvalue weighted by Crippen LogP contribution is 1.99. The molecule has 1 rings (SSSR count). The van der Waals surface area contributed by atoms with E-state index in [4.69, 9.17) is 9.15 Å². The van der Waals surface area contributed by atoms with Crippen LogP contribution in [0.3, 0.4) is 0 Å². The van der Waals surface area contributed by atoms with Gasteiger partial charge in [-0.15, -0.1) is 24.0 Å². The first-order valence-corrected chi connectivity index (χ1v) is 7.35. The van der Waals surface area contributed by atoms with Crippen molar-refractivity contribution in [3.8, 4) is 0 Å². The third-order valence-corrected chi connectivity index (χ3v) is 2.54. The summed E-state index contributed by atoms with van der Waals surface area (Å²) >= 11 is 0. The number of esters is 1. The second-order valence-electron chi connectivity index (χ2n) is 4.81. The van der Waals surface area contributed by atoms with E-state index < -0.39 is 0 Å². The molecule has 126 valence electrons. The number of furan rings is 1. The topological polar surface area (TPSA) is 75.9 Å². The van der Waals surface area contributed by atoms with Crippen LogP contribution in [-0.4, -0.2) is 37.7 Å². The predicted octanol–water partition coefficient (Wildman–Crippen LogP) is 2.34. The Bertz CT molecular complexity index is 433. The van der Waals surface area contributed by atoms with Gasteiger partial charge in [0.2, 0.25) is 0 Å². The van der Waals surface area contributed by atoms with Gasteiger partial charge in [0.25, 0.3) is 0 Å². The van der Waals surface area contributed by atoms with E-state index in [-0.39, 0.29) is 42.5 Å². The van der Waals surface area contributed by atoms with E-state index >= 15 is 0 Å². The van der Waals surface area contributed by atoms with Gasteiger partial charge in [0.1, 0.15) is 5.76 Å². The number of nitrogens with zero attached hydrogens (tertiary/aromatic N) is 1. The maximum absolute atomic E-state index is 11.4. The molecule has 0 bridgehead atoms. The summed E-state index contributed by atoms with van der Waals surface area (Å²) in [6.07, 6.45) is 2.65. The highest BCUT2D eigenvalue weighted by Gasteiger charge is 2.05. The molecule has 22 heavy (non-hydrogen) atoms. The van der Waals surface area contributed by atoms with E-state index in [0.717, 1.165) is 25.3 Å². The van der Waals surface area contributed by atoms with Crippen LogP contribution in [0.25, 0.3) is 0 Å². The Morgan fingerprint density at radius 2 is 2.18 bits per heavy atom. The molecule has 0 atom stereocenters. The maximum atomic E-state index is 11.4. The van der Waals surface area contributed by atoms with Crippen LogP contribution in [0.15, 0.2) is 27.8 Å². The van der Waals surface area contributed by atoms with Gasteiger partial charge < -0.3 is 19.8 Å². The normalized spacial score (nSPS) is 11.0. The zero-order valence-electron chi connectivity index (χ0n) is 13.4. The number of guanidine groups is 1. The van der Waals surface area contributed by atoms with Crippen molar-refractivity contribution >= 4 is 35.9 Å². The average molecular weight is 423 g/mol. The van der Waals surface area contributed by atoms with E-state index in [0.29, 0.717) is 12.5 Å². The molecular weight excluding hydrogens is 397 g/mol. The number of hydrogen-bond acceptors (Lipinski definition) is 4. The first-order chi connectivity index (χ1) is 10.1. The summed E-state index contributed by atoms with van der Waals surface area (Å²) < 4.78 is 10.3. The van der Waals surface area contributed by atoms with Gasteiger partial charge in [0, 0.05) is 19.5 Å². The average Bonchev–Trinajstić information content (AvgIpc) is 2.91. The van der Waals surface area contributed by atoms with Crippen LogP contribution in [0, 0.1) is 0 Å². The molecule has 0 fully saturated rings. The number of aliphatic imine (C=N–C) groups is 1. The molecular formula is C15H26IN3O3. The Morgan fingerprint density at radius 3 is 2.77 bits per heavy atom. The van der Waals surface area contributed by atoms with Gasteiger partial charge in [-0.1, -0.05) is 0 Å². The first kappa shape index (κ1) is 20.8. The molecule has 0 unspecified atom stereocenters. The fraction of sp³-hybridized carbons (Fsp3) is 0.600. The van der Waals surface area contributed by atoms with Crippen molar-refractivity contribution in [2.75, 3.05) is 19.6 Å². The van der Waals surface area contributed by atoms with Crippen LogP contribution >= 0.6 is 24.0 Å². The van der Waals surface area contributed by atoms with Crippen LogP contribution in [0.1, 0.15) is 33.0 Å². The van der Waals surface area contributed by atoms with Crippen molar-refractivity contribution in [3.05, 3.63) is 24.2 Å². The number of carbonyl (C=O) groups is 1. The molecule has 2 N–H and O–H groups in total.